The minimum atomic E-state index is -0.420. The zero-order valence-electron chi connectivity index (χ0n) is 8.74. The van der Waals surface area contributed by atoms with Crippen molar-refractivity contribution in [1.82, 2.24) is 5.32 Å². The topological polar surface area (TPSA) is 82.2 Å². The number of nitrogens with zero attached hydrogens (tertiary/aromatic N) is 1. The second kappa shape index (κ2) is 4.45. The molecule has 0 aliphatic rings. The lowest BCUT2D eigenvalue weighted by Gasteiger charge is -2.19. The van der Waals surface area contributed by atoms with Gasteiger partial charge in [-0.05, 0) is 18.6 Å². The summed E-state index contributed by atoms with van der Waals surface area (Å²) in [5, 5.41) is 9.17. The molecule has 2 amide bonds. The van der Waals surface area contributed by atoms with Crippen LogP contribution in [0.4, 0.5) is 10.5 Å². The van der Waals surface area contributed by atoms with Crippen molar-refractivity contribution >= 4 is 17.7 Å². The Balaban J connectivity index is 2.85. The van der Waals surface area contributed by atoms with E-state index in [1.54, 1.807) is 7.05 Å². The number of nitrogens with two attached hydrogens (primary N) is 1. The van der Waals surface area contributed by atoms with Gasteiger partial charge in [-0.2, -0.15) is 0 Å². The molecule has 1 rings (SSSR count). The molecule has 15 heavy (non-hydrogen) atoms. The number of benzene rings is 1. The van der Waals surface area contributed by atoms with Crippen LogP contribution in [0.3, 0.4) is 0 Å². The van der Waals surface area contributed by atoms with E-state index in [1.165, 1.54) is 4.90 Å². The van der Waals surface area contributed by atoms with Crippen LogP contribution in [-0.2, 0) is 0 Å². The lowest BCUT2D eigenvalue weighted by molar-refractivity contribution is 0.251. The average molecular weight is 206 g/mol. The summed E-state index contributed by atoms with van der Waals surface area (Å²) >= 11 is 0. The molecule has 1 aromatic carbocycles. The van der Waals surface area contributed by atoms with Crippen LogP contribution >= 0.6 is 0 Å². The number of hydrogen-bond donors (Lipinski definition) is 3. The summed E-state index contributed by atoms with van der Waals surface area (Å²) in [6.45, 7) is 1.91. The molecular weight excluding hydrogens is 192 g/mol. The third-order valence-corrected chi connectivity index (χ3v) is 2.02. The fraction of sp³-hybridized carbons (Fsp3) is 0.200. The summed E-state index contributed by atoms with van der Waals surface area (Å²) in [7, 11) is 1.63. The Morgan fingerprint density at radius 2 is 2.07 bits per heavy atom. The highest BCUT2D eigenvalue weighted by molar-refractivity contribution is 6.02. The maximum absolute atomic E-state index is 11.5. The predicted molar refractivity (Wildman–Crippen MR) is 60.0 cm³/mol. The summed E-state index contributed by atoms with van der Waals surface area (Å²) in [6.07, 6.45) is 0. The van der Waals surface area contributed by atoms with Crippen LogP contribution in [0.15, 0.2) is 24.3 Å². The van der Waals surface area contributed by atoms with Gasteiger partial charge in [0.1, 0.15) is 0 Å². The van der Waals surface area contributed by atoms with Gasteiger partial charge in [-0.1, -0.05) is 18.2 Å². The summed E-state index contributed by atoms with van der Waals surface area (Å²) in [6, 6.07) is 7.06. The van der Waals surface area contributed by atoms with E-state index in [9.17, 15) is 4.79 Å². The molecule has 4 N–H and O–H groups in total. The molecule has 0 saturated heterocycles. The van der Waals surface area contributed by atoms with Crippen molar-refractivity contribution in [2.45, 2.75) is 6.92 Å². The molecule has 0 heterocycles. The molecule has 0 aliphatic heterocycles. The molecule has 0 saturated carbocycles. The molecule has 5 nitrogen and oxygen atoms in total. The van der Waals surface area contributed by atoms with Gasteiger partial charge in [0.15, 0.2) is 5.96 Å². The monoisotopic (exact) mass is 206 g/mol. The molecule has 0 aromatic heterocycles. The summed E-state index contributed by atoms with van der Waals surface area (Å²) < 4.78 is 0. The van der Waals surface area contributed by atoms with Crippen LogP contribution in [0, 0.1) is 12.3 Å². The summed E-state index contributed by atoms with van der Waals surface area (Å²) in [4.78, 5) is 12.9. The van der Waals surface area contributed by atoms with Gasteiger partial charge in [0.25, 0.3) is 0 Å². The normalized spacial score (nSPS) is 9.47. The number of amides is 2. The Hall–Kier alpha value is -2.04. The highest BCUT2D eigenvalue weighted by atomic mass is 16.2. The van der Waals surface area contributed by atoms with E-state index in [2.05, 4.69) is 5.32 Å². The zero-order chi connectivity index (χ0) is 11.4. The Morgan fingerprint density at radius 1 is 1.47 bits per heavy atom. The van der Waals surface area contributed by atoms with Crippen LogP contribution in [0.1, 0.15) is 5.56 Å². The predicted octanol–water partition coefficient (Wildman–Crippen LogP) is 1.03. The number of nitrogens with one attached hydrogen (secondary N) is 2. The van der Waals surface area contributed by atoms with Crippen LogP contribution < -0.4 is 16.0 Å². The van der Waals surface area contributed by atoms with E-state index in [-0.39, 0.29) is 5.96 Å². The maximum Gasteiger partial charge on any atom is 0.328 e. The molecule has 0 fully saturated rings. The summed E-state index contributed by atoms with van der Waals surface area (Å²) in [5.41, 5.74) is 6.85. The Bertz CT molecular complexity index is 389. The molecule has 0 aliphatic carbocycles. The van der Waals surface area contributed by atoms with Crippen molar-refractivity contribution in [2.75, 3.05) is 11.9 Å². The SMILES string of the molecule is Cc1ccccc1N(C)C(=O)NC(=N)N. The van der Waals surface area contributed by atoms with Gasteiger partial charge in [0.2, 0.25) is 0 Å². The number of aryl methyl sites for hydroxylation is 1. The minimum Gasteiger partial charge on any atom is -0.370 e. The lowest BCUT2D eigenvalue weighted by Crippen LogP contribution is -2.44. The number of para-hydroxylation sites is 1. The Kier molecular flexibility index (Phi) is 3.28. The molecule has 0 bridgehead atoms. The fourth-order valence-electron chi connectivity index (χ4n) is 1.25. The molecule has 5 heteroatoms. The average Bonchev–Trinajstić information content (AvgIpc) is 2.16. The van der Waals surface area contributed by atoms with Crippen molar-refractivity contribution in [1.29, 1.82) is 5.41 Å². The van der Waals surface area contributed by atoms with Crippen LogP contribution in [0.5, 0.6) is 0 Å². The molecule has 0 radical (unpaired) electrons. The van der Waals surface area contributed by atoms with E-state index in [0.29, 0.717) is 0 Å². The van der Waals surface area contributed by atoms with Gasteiger partial charge in [0.05, 0.1) is 0 Å². The van der Waals surface area contributed by atoms with Gasteiger partial charge in [0, 0.05) is 12.7 Å². The minimum absolute atomic E-state index is 0.361. The van der Waals surface area contributed by atoms with E-state index in [0.717, 1.165) is 11.3 Å². The van der Waals surface area contributed by atoms with E-state index >= 15 is 0 Å². The third-order valence-electron chi connectivity index (χ3n) is 2.02. The van der Waals surface area contributed by atoms with Crippen molar-refractivity contribution < 1.29 is 4.79 Å². The maximum atomic E-state index is 11.5. The van der Waals surface area contributed by atoms with E-state index in [1.807, 2.05) is 31.2 Å². The molecule has 0 spiro atoms. The molecule has 1 aromatic rings. The number of carbonyl (C=O) groups excluding carboxylic acids is 1. The van der Waals surface area contributed by atoms with Crippen LogP contribution in [0.25, 0.3) is 0 Å². The molecule has 0 atom stereocenters. The quantitative estimate of drug-likeness (QED) is 0.474. The highest BCUT2D eigenvalue weighted by Crippen LogP contribution is 2.17. The second-order valence-corrected chi connectivity index (χ2v) is 3.19. The standard InChI is InChI=1S/C10H14N4O/c1-7-5-3-4-6-8(7)14(2)10(15)13-9(11)12/h3-6H,1-2H3,(H4,11,12,13,15). The number of rotatable bonds is 1. The van der Waals surface area contributed by atoms with Crippen molar-refractivity contribution in [3.8, 4) is 0 Å². The van der Waals surface area contributed by atoms with Gasteiger partial charge in [-0.15, -0.1) is 0 Å². The van der Waals surface area contributed by atoms with Crippen molar-refractivity contribution in [2.24, 2.45) is 5.73 Å². The van der Waals surface area contributed by atoms with Gasteiger partial charge in [-0.25, -0.2) is 4.79 Å². The highest BCUT2D eigenvalue weighted by Gasteiger charge is 2.12. The van der Waals surface area contributed by atoms with Crippen LogP contribution in [0.2, 0.25) is 0 Å². The van der Waals surface area contributed by atoms with Gasteiger partial charge >= 0.3 is 6.03 Å². The largest absolute Gasteiger partial charge is 0.370 e. The van der Waals surface area contributed by atoms with Crippen molar-refractivity contribution in [3.63, 3.8) is 0 Å². The molecular formula is C10H14N4O. The van der Waals surface area contributed by atoms with Gasteiger partial charge in [-0.3, -0.25) is 15.6 Å². The first-order valence-electron chi connectivity index (χ1n) is 4.46. The first kappa shape index (κ1) is 11.0. The number of hydrogen-bond acceptors (Lipinski definition) is 2. The number of urea groups is 1. The first-order valence-corrected chi connectivity index (χ1v) is 4.46. The van der Waals surface area contributed by atoms with Crippen molar-refractivity contribution in [3.05, 3.63) is 29.8 Å². The van der Waals surface area contributed by atoms with Crippen LogP contribution in [-0.4, -0.2) is 19.0 Å². The zero-order valence-corrected chi connectivity index (χ0v) is 8.74. The summed E-state index contributed by atoms with van der Waals surface area (Å²) in [5.74, 6) is -0.361. The molecule has 80 valence electrons. The second-order valence-electron chi connectivity index (χ2n) is 3.19. The Morgan fingerprint density at radius 3 is 2.60 bits per heavy atom. The smallest absolute Gasteiger partial charge is 0.328 e. The number of carbonyl (C=O) groups is 1. The lowest BCUT2D eigenvalue weighted by atomic mass is 10.2. The number of guanidine groups is 1. The Labute approximate surface area is 88.4 Å². The first-order chi connectivity index (χ1) is 7.02. The third kappa shape index (κ3) is 2.70. The fourth-order valence-corrected chi connectivity index (χ4v) is 1.25. The van der Waals surface area contributed by atoms with E-state index < -0.39 is 6.03 Å². The molecule has 0 unspecified atom stereocenters. The van der Waals surface area contributed by atoms with Gasteiger partial charge < -0.3 is 5.73 Å². The number of anilines is 1. The van der Waals surface area contributed by atoms with E-state index in [4.69, 9.17) is 11.1 Å².